The normalized spacial score (nSPS) is 11.7. The SMILES string of the molecule is CCCCCCCCCCC[C@H](O)C#CC(=O)O. The molecule has 0 aromatic rings. The molecule has 0 bridgehead atoms. The second-order valence-electron chi connectivity index (χ2n) is 4.71. The third-order valence-corrected chi connectivity index (χ3v) is 2.93. The summed E-state index contributed by atoms with van der Waals surface area (Å²) < 4.78 is 0. The number of carboxylic acids is 1. The van der Waals surface area contributed by atoms with Gasteiger partial charge in [-0.3, -0.25) is 0 Å². The molecule has 0 aromatic carbocycles. The van der Waals surface area contributed by atoms with E-state index in [-0.39, 0.29) is 0 Å². The van der Waals surface area contributed by atoms with E-state index in [1.54, 1.807) is 0 Å². The smallest absolute Gasteiger partial charge is 0.381 e. The Kier molecular flexibility index (Phi) is 11.7. The van der Waals surface area contributed by atoms with Gasteiger partial charge in [0.15, 0.2) is 0 Å². The van der Waals surface area contributed by atoms with Crippen LogP contribution in [0.25, 0.3) is 0 Å². The Labute approximate surface area is 111 Å². The number of rotatable bonds is 10. The molecule has 0 saturated carbocycles. The molecular formula is C15H26O3. The van der Waals surface area contributed by atoms with Crippen molar-refractivity contribution in [1.29, 1.82) is 0 Å². The minimum absolute atomic E-state index is 0.579. The first-order valence-electron chi connectivity index (χ1n) is 7.09. The largest absolute Gasteiger partial charge is 0.472 e. The molecule has 0 heterocycles. The van der Waals surface area contributed by atoms with Crippen LogP contribution >= 0.6 is 0 Å². The molecule has 18 heavy (non-hydrogen) atoms. The first-order chi connectivity index (χ1) is 8.66. The van der Waals surface area contributed by atoms with Gasteiger partial charge in [-0.25, -0.2) is 4.79 Å². The zero-order chi connectivity index (χ0) is 13.6. The van der Waals surface area contributed by atoms with Gasteiger partial charge >= 0.3 is 5.97 Å². The monoisotopic (exact) mass is 254 g/mol. The molecule has 0 rings (SSSR count). The van der Waals surface area contributed by atoms with Gasteiger partial charge in [0.05, 0.1) is 0 Å². The fourth-order valence-electron chi connectivity index (χ4n) is 1.87. The number of hydrogen-bond acceptors (Lipinski definition) is 2. The first kappa shape index (κ1) is 17.0. The number of carbonyl (C=O) groups is 1. The Morgan fingerprint density at radius 2 is 1.50 bits per heavy atom. The van der Waals surface area contributed by atoms with E-state index in [4.69, 9.17) is 5.11 Å². The van der Waals surface area contributed by atoms with E-state index in [0.717, 1.165) is 12.8 Å². The molecule has 0 amide bonds. The molecule has 2 N–H and O–H groups in total. The summed E-state index contributed by atoms with van der Waals surface area (Å²) in [5.41, 5.74) is 0. The highest BCUT2D eigenvalue weighted by Gasteiger charge is 1.99. The molecule has 3 nitrogen and oxygen atoms in total. The van der Waals surface area contributed by atoms with Gasteiger partial charge in [-0.15, -0.1) is 0 Å². The van der Waals surface area contributed by atoms with Crippen LogP contribution in [0.1, 0.15) is 71.1 Å². The fraction of sp³-hybridized carbons (Fsp3) is 0.800. The molecule has 104 valence electrons. The molecule has 1 atom stereocenters. The van der Waals surface area contributed by atoms with Gasteiger partial charge in [0.1, 0.15) is 6.10 Å². The Morgan fingerprint density at radius 3 is 2.00 bits per heavy atom. The average Bonchev–Trinajstić information content (AvgIpc) is 2.34. The van der Waals surface area contributed by atoms with Crippen molar-refractivity contribution in [3.63, 3.8) is 0 Å². The van der Waals surface area contributed by atoms with Gasteiger partial charge in [-0.2, -0.15) is 0 Å². The van der Waals surface area contributed by atoms with Crippen molar-refractivity contribution in [2.24, 2.45) is 0 Å². The van der Waals surface area contributed by atoms with Crippen molar-refractivity contribution in [2.75, 3.05) is 0 Å². The maximum atomic E-state index is 10.1. The minimum Gasteiger partial charge on any atom is -0.472 e. The van der Waals surface area contributed by atoms with E-state index in [2.05, 4.69) is 12.8 Å². The molecule has 3 heteroatoms. The maximum absolute atomic E-state index is 10.1. The molecule has 0 aliphatic rings. The van der Waals surface area contributed by atoms with Crippen LogP contribution in [0.4, 0.5) is 0 Å². The van der Waals surface area contributed by atoms with E-state index < -0.39 is 12.1 Å². The molecule has 0 spiro atoms. The summed E-state index contributed by atoms with van der Waals surface area (Å²) in [5.74, 6) is 3.08. The predicted molar refractivity (Wildman–Crippen MR) is 73.3 cm³/mol. The molecule has 0 saturated heterocycles. The molecule has 0 aromatic heterocycles. The van der Waals surface area contributed by atoms with Crippen LogP contribution in [0.2, 0.25) is 0 Å². The molecule has 0 aliphatic carbocycles. The third kappa shape index (κ3) is 13.1. The Bertz CT molecular complexity index is 263. The van der Waals surface area contributed by atoms with Crippen molar-refractivity contribution < 1.29 is 15.0 Å². The van der Waals surface area contributed by atoms with Crippen LogP contribution in [-0.4, -0.2) is 22.3 Å². The quantitative estimate of drug-likeness (QED) is 0.464. The van der Waals surface area contributed by atoms with Crippen LogP contribution in [0, 0.1) is 11.8 Å². The first-order valence-corrected chi connectivity index (χ1v) is 7.09. The van der Waals surface area contributed by atoms with E-state index in [1.807, 2.05) is 5.92 Å². The lowest BCUT2D eigenvalue weighted by Crippen LogP contribution is -2.03. The predicted octanol–water partition coefficient (Wildman–Crippen LogP) is 3.36. The van der Waals surface area contributed by atoms with Crippen molar-refractivity contribution in [2.45, 2.75) is 77.2 Å². The van der Waals surface area contributed by atoms with Crippen LogP contribution in [0.15, 0.2) is 0 Å². The molecule has 0 aliphatic heterocycles. The molecule has 0 unspecified atom stereocenters. The van der Waals surface area contributed by atoms with Crippen molar-refractivity contribution in [1.82, 2.24) is 0 Å². The number of aliphatic hydroxyl groups excluding tert-OH is 1. The molecule has 0 fully saturated rings. The van der Waals surface area contributed by atoms with E-state index in [1.165, 1.54) is 44.9 Å². The Morgan fingerprint density at radius 1 is 1.00 bits per heavy atom. The zero-order valence-electron chi connectivity index (χ0n) is 11.5. The van der Waals surface area contributed by atoms with Crippen LogP contribution < -0.4 is 0 Å². The highest BCUT2D eigenvalue weighted by molar-refractivity contribution is 5.86. The topological polar surface area (TPSA) is 57.5 Å². The lowest BCUT2D eigenvalue weighted by molar-refractivity contribution is -0.130. The maximum Gasteiger partial charge on any atom is 0.381 e. The summed E-state index contributed by atoms with van der Waals surface area (Å²) in [4.78, 5) is 10.1. The van der Waals surface area contributed by atoms with Gasteiger partial charge in [0, 0.05) is 5.92 Å². The molecular weight excluding hydrogens is 228 g/mol. The second kappa shape index (κ2) is 12.4. The van der Waals surface area contributed by atoms with Crippen LogP contribution in [0.3, 0.4) is 0 Å². The van der Waals surface area contributed by atoms with Gasteiger partial charge in [0.25, 0.3) is 0 Å². The standard InChI is InChI=1S/C15H26O3/c1-2-3-4-5-6-7-8-9-10-11-14(16)12-13-15(17)18/h14,16H,2-11H2,1H3,(H,17,18)/t14-/m0/s1. The number of aliphatic hydroxyl groups is 1. The fourth-order valence-corrected chi connectivity index (χ4v) is 1.87. The number of hydrogen-bond donors (Lipinski definition) is 2. The second-order valence-corrected chi connectivity index (χ2v) is 4.71. The summed E-state index contributed by atoms with van der Waals surface area (Å²) in [7, 11) is 0. The number of unbranched alkanes of at least 4 members (excludes halogenated alkanes) is 8. The summed E-state index contributed by atoms with van der Waals surface area (Å²) >= 11 is 0. The van der Waals surface area contributed by atoms with Crippen molar-refractivity contribution >= 4 is 5.97 Å². The number of aliphatic carboxylic acids is 1. The highest BCUT2D eigenvalue weighted by Crippen LogP contribution is 2.11. The van der Waals surface area contributed by atoms with Crippen molar-refractivity contribution in [3.8, 4) is 11.8 Å². The summed E-state index contributed by atoms with van der Waals surface area (Å²) in [5, 5.41) is 17.7. The van der Waals surface area contributed by atoms with E-state index in [0.29, 0.717) is 6.42 Å². The Balaban J connectivity index is 3.25. The van der Waals surface area contributed by atoms with E-state index in [9.17, 15) is 9.90 Å². The highest BCUT2D eigenvalue weighted by atomic mass is 16.4. The van der Waals surface area contributed by atoms with Gasteiger partial charge in [-0.1, -0.05) is 64.2 Å². The van der Waals surface area contributed by atoms with Gasteiger partial charge < -0.3 is 10.2 Å². The minimum atomic E-state index is -1.18. The van der Waals surface area contributed by atoms with Crippen molar-refractivity contribution in [3.05, 3.63) is 0 Å². The lowest BCUT2D eigenvalue weighted by Gasteiger charge is -2.03. The summed E-state index contributed by atoms with van der Waals surface area (Å²) in [6.45, 7) is 2.22. The van der Waals surface area contributed by atoms with E-state index >= 15 is 0 Å². The Hall–Kier alpha value is -1.01. The van der Waals surface area contributed by atoms with Crippen LogP contribution in [-0.2, 0) is 4.79 Å². The summed E-state index contributed by atoms with van der Waals surface area (Å²) in [6.07, 6.45) is 10.9. The summed E-state index contributed by atoms with van der Waals surface area (Å²) in [6, 6.07) is 0. The average molecular weight is 254 g/mol. The zero-order valence-corrected chi connectivity index (χ0v) is 11.5. The van der Waals surface area contributed by atoms with Gasteiger partial charge in [0.2, 0.25) is 0 Å². The lowest BCUT2D eigenvalue weighted by atomic mass is 10.1. The van der Waals surface area contributed by atoms with Gasteiger partial charge in [-0.05, 0) is 12.8 Å². The van der Waals surface area contributed by atoms with Crippen LogP contribution in [0.5, 0.6) is 0 Å². The third-order valence-electron chi connectivity index (χ3n) is 2.93. The molecule has 0 radical (unpaired) electrons. The number of carboxylic acid groups (broad SMARTS) is 1.